The number of urea groups is 1. The van der Waals surface area contributed by atoms with E-state index in [0.29, 0.717) is 36.4 Å². The second-order valence-corrected chi connectivity index (χ2v) is 7.32. The maximum Gasteiger partial charge on any atom is 0.336 e. The molecule has 0 atom stereocenters. The monoisotopic (exact) mass is 439 g/mol. The number of furan rings is 1. The van der Waals surface area contributed by atoms with Crippen LogP contribution < -0.4 is 24.6 Å². The minimum atomic E-state index is -0.857. The van der Waals surface area contributed by atoms with E-state index in [1.807, 2.05) is 13.0 Å². The number of nitrogens with one attached hydrogen (secondary N) is 1. The Balaban J connectivity index is 1.68. The first kappa shape index (κ1) is 21.5. The molecular formula is C23H25N3O6. The van der Waals surface area contributed by atoms with Gasteiger partial charge in [-0.15, -0.1) is 0 Å². The van der Waals surface area contributed by atoms with Crippen molar-refractivity contribution < 1.29 is 28.3 Å². The highest BCUT2D eigenvalue weighted by Gasteiger charge is 2.38. The molecule has 0 saturated carbocycles. The van der Waals surface area contributed by atoms with E-state index in [2.05, 4.69) is 10.2 Å². The summed E-state index contributed by atoms with van der Waals surface area (Å²) in [6, 6.07) is 7.50. The van der Waals surface area contributed by atoms with Crippen LogP contribution in [0.25, 0.3) is 6.08 Å². The van der Waals surface area contributed by atoms with Gasteiger partial charge in [-0.3, -0.25) is 14.9 Å². The van der Waals surface area contributed by atoms with E-state index in [1.54, 1.807) is 25.1 Å². The summed E-state index contributed by atoms with van der Waals surface area (Å²) in [6.45, 7) is 6.17. The fourth-order valence-corrected chi connectivity index (χ4v) is 3.75. The molecule has 32 heavy (non-hydrogen) atoms. The molecule has 2 aliphatic heterocycles. The van der Waals surface area contributed by atoms with Gasteiger partial charge in [-0.05, 0) is 51.0 Å². The summed E-state index contributed by atoms with van der Waals surface area (Å²) < 4.78 is 16.9. The maximum absolute atomic E-state index is 13.3. The number of rotatable bonds is 7. The quantitative estimate of drug-likeness (QED) is 0.521. The molecule has 2 saturated heterocycles. The van der Waals surface area contributed by atoms with Crippen LogP contribution in [0, 0.1) is 0 Å². The number of anilines is 2. The third-order valence-electron chi connectivity index (χ3n) is 5.20. The van der Waals surface area contributed by atoms with E-state index in [0.717, 1.165) is 30.8 Å². The summed E-state index contributed by atoms with van der Waals surface area (Å²) in [5.41, 5.74) is -0.0212. The fourth-order valence-electron chi connectivity index (χ4n) is 3.75. The highest BCUT2D eigenvalue weighted by Crippen LogP contribution is 2.35. The predicted octanol–water partition coefficient (Wildman–Crippen LogP) is 3.34. The lowest BCUT2D eigenvalue weighted by Gasteiger charge is -2.28. The van der Waals surface area contributed by atoms with Gasteiger partial charge in [-0.25, -0.2) is 9.69 Å². The maximum atomic E-state index is 13.3. The lowest BCUT2D eigenvalue weighted by Crippen LogP contribution is -2.54. The van der Waals surface area contributed by atoms with Crippen LogP contribution in [-0.2, 0) is 9.59 Å². The van der Waals surface area contributed by atoms with Crippen LogP contribution in [0.15, 0.2) is 40.3 Å². The van der Waals surface area contributed by atoms with Crippen LogP contribution >= 0.6 is 0 Å². The first-order valence-corrected chi connectivity index (χ1v) is 10.7. The van der Waals surface area contributed by atoms with Crippen molar-refractivity contribution in [3.63, 3.8) is 0 Å². The SMILES string of the molecule is CCOc1ccc(OCC)c(N2C(=O)NC(=O)C(=Cc3ccc(N4CCCC4)o3)C2=O)c1. The summed E-state index contributed by atoms with van der Waals surface area (Å²) in [6.07, 6.45) is 3.54. The summed E-state index contributed by atoms with van der Waals surface area (Å²) in [4.78, 5) is 41.4. The number of carbonyl (C=O) groups is 3. The average Bonchev–Trinajstić information content (AvgIpc) is 3.45. The first-order chi connectivity index (χ1) is 15.5. The molecule has 1 N–H and O–H groups in total. The molecule has 9 nitrogen and oxygen atoms in total. The third-order valence-corrected chi connectivity index (χ3v) is 5.20. The van der Waals surface area contributed by atoms with Gasteiger partial charge in [0, 0.05) is 25.2 Å². The predicted molar refractivity (Wildman–Crippen MR) is 118 cm³/mol. The molecule has 4 amide bonds. The molecular weight excluding hydrogens is 414 g/mol. The van der Waals surface area contributed by atoms with Gasteiger partial charge in [0.1, 0.15) is 22.8 Å². The number of hydrogen-bond acceptors (Lipinski definition) is 7. The first-order valence-electron chi connectivity index (χ1n) is 10.7. The van der Waals surface area contributed by atoms with Crippen molar-refractivity contribution in [2.45, 2.75) is 26.7 Å². The Labute approximate surface area is 185 Å². The molecule has 9 heteroatoms. The minimum absolute atomic E-state index is 0.191. The number of hydrogen-bond donors (Lipinski definition) is 1. The van der Waals surface area contributed by atoms with E-state index in [9.17, 15) is 14.4 Å². The highest BCUT2D eigenvalue weighted by atomic mass is 16.5. The van der Waals surface area contributed by atoms with Crippen molar-refractivity contribution in [3.05, 3.63) is 41.7 Å². The topological polar surface area (TPSA) is 101 Å². The Bertz CT molecular complexity index is 1070. The van der Waals surface area contributed by atoms with Crippen molar-refractivity contribution in [3.8, 4) is 11.5 Å². The molecule has 2 fully saturated rings. The average molecular weight is 439 g/mol. The van der Waals surface area contributed by atoms with Crippen LogP contribution in [0.3, 0.4) is 0 Å². The van der Waals surface area contributed by atoms with Gasteiger partial charge in [0.25, 0.3) is 11.8 Å². The largest absolute Gasteiger partial charge is 0.494 e. The smallest absolute Gasteiger partial charge is 0.336 e. The summed E-state index contributed by atoms with van der Waals surface area (Å²) in [7, 11) is 0. The molecule has 0 unspecified atom stereocenters. The van der Waals surface area contributed by atoms with Crippen molar-refractivity contribution in [2.24, 2.45) is 0 Å². The van der Waals surface area contributed by atoms with E-state index in [1.165, 1.54) is 12.1 Å². The minimum Gasteiger partial charge on any atom is -0.494 e. The van der Waals surface area contributed by atoms with Crippen molar-refractivity contribution in [1.82, 2.24) is 5.32 Å². The second kappa shape index (κ2) is 9.17. The Kier molecular flexibility index (Phi) is 6.16. The van der Waals surface area contributed by atoms with Crippen LogP contribution in [0.4, 0.5) is 16.4 Å². The van der Waals surface area contributed by atoms with Gasteiger partial charge in [0.15, 0.2) is 5.88 Å². The lowest BCUT2D eigenvalue weighted by atomic mass is 10.1. The van der Waals surface area contributed by atoms with Gasteiger partial charge >= 0.3 is 6.03 Å². The lowest BCUT2D eigenvalue weighted by molar-refractivity contribution is -0.122. The number of nitrogens with zero attached hydrogens (tertiary/aromatic N) is 2. The van der Waals surface area contributed by atoms with Crippen molar-refractivity contribution in [2.75, 3.05) is 36.1 Å². The Morgan fingerprint density at radius 2 is 1.78 bits per heavy atom. The zero-order valence-corrected chi connectivity index (χ0v) is 18.1. The molecule has 2 aromatic rings. The summed E-state index contributed by atoms with van der Waals surface area (Å²) >= 11 is 0. The van der Waals surface area contributed by atoms with Crippen molar-refractivity contribution in [1.29, 1.82) is 0 Å². The molecule has 3 heterocycles. The molecule has 0 spiro atoms. The molecule has 0 aliphatic carbocycles. The van der Waals surface area contributed by atoms with Crippen LogP contribution in [0.5, 0.6) is 11.5 Å². The molecule has 168 valence electrons. The number of ether oxygens (including phenoxy) is 2. The van der Waals surface area contributed by atoms with Crippen LogP contribution in [0.2, 0.25) is 0 Å². The van der Waals surface area contributed by atoms with Gasteiger partial charge < -0.3 is 18.8 Å². The molecule has 2 aliphatic rings. The molecule has 0 bridgehead atoms. The van der Waals surface area contributed by atoms with Gasteiger partial charge in [0.05, 0.1) is 18.9 Å². The normalized spacial score (nSPS) is 17.8. The Hall–Kier alpha value is -3.75. The van der Waals surface area contributed by atoms with Gasteiger partial charge in [0.2, 0.25) is 0 Å². The van der Waals surface area contributed by atoms with E-state index >= 15 is 0 Å². The molecule has 1 aromatic carbocycles. The number of imide groups is 2. The zero-order chi connectivity index (χ0) is 22.7. The number of carbonyl (C=O) groups excluding carboxylic acids is 3. The van der Waals surface area contributed by atoms with Crippen molar-refractivity contribution >= 4 is 35.5 Å². The van der Waals surface area contributed by atoms with E-state index < -0.39 is 17.8 Å². The number of barbiturate groups is 1. The van der Waals surface area contributed by atoms with Gasteiger partial charge in [-0.1, -0.05) is 0 Å². The van der Waals surface area contributed by atoms with E-state index in [-0.39, 0.29) is 11.3 Å². The number of amides is 4. The van der Waals surface area contributed by atoms with E-state index in [4.69, 9.17) is 13.9 Å². The van der Waals surface area contributed by atoms with Crippen LogP contribution in [0.1, 0.15) is 32.4 Å². The second-order valence-electron chi connectivity index (χ2n) is 7.32. The third kappa shape index (κ3) is 4.18. The molecule has 4 rings (SSSR count). The van der Waals surface area contributed by atoms with Crippen LogP contribution in [-0.4, -0.2) is 44.1 Å². The summed E-state index contributed by atoms with van der Waals surface area (Å²) in [5.74, 6) is 0.279. The molecule has 0 radical (unpaired) electrons. The zero-order valence-electron chi connectivity index (χ0n) is 18.1. The highest BCUT2D eigenvalue weighted by molar-refractivity contribution is 6.39. The summed E-state index contributed by atoms with van der Waals surface area (Å²) in [5, 5.41) is 2.22. The Morgan fingerprint density at radius 1 is 1.03 bits per heavy atom. The number of benzene rings is 1. The Morgan fingerprint density at radius 3 is 2.50 bits per heavy atom. The fraction of sp³-hybridized carbons (Fsp3) is 0.348. The van der Waals surface area contributed by atoms with Gasteiger partial charge in [-0.2, -0.15) is 0 Å². The molecule has 1 aromatic heterocycles. The standard InChI is InChI=1S/C23H25N3O6/c1-3-30-15-7-9-19(31-4-2)18(14-15)26-22(28)17(21(27)24-23(26)29)13-16-8-10-20(32-16)25-11-5-6-12-25/h7-10,13-14H,3-6,11-12H2,1-2H3,(H,24,27,29).